The highest BCUT2D eigenvalue weighted by atomic mass is 79.9. The normalized spacial score (nSPS) is 9.83. The van der Waals surface area contributed by atoms with Gasteiger partial charge in [0.2, 0.25) is 0 Å². The number of rotatable bonds is 2. The minimum atomic E-state index is -0.370. The van der Waals surface area contributed by atoms with Crippen LogP contribution in [0.15, 0.2) is 29.1 Å². The molecule has 6 nitrogen and oxygen atoms in total. The molecule has 0 aliphatic carbocycles. The van der Waals surface area contributed by atoms with E-state index in [0.717, 1.165) is 0 Å². The van der Waals surface area contributed by atoms with Crippen molar-refractivity contribution in [3.05, 3.63) is 40.3 Å². The van der Waals surface area contributed by atoms with Gasteiger partial charge in [-0.25, -0.2) is 4.98 Å². The number of carbonyl (C=O) groups excluding carboxylic acids is 1. The molecule has 2 heterocycles. The Morgan fingerprint density at radius 2 is 2.39 bits per heavy atom. The van der Waals surface area contributed by atoms with Crippen LogP contribution in [0.1, 0.15) is 15.9 Å². The lowest BCUT2D eigenvalue weighted by atomic mass is 10.2. The van der Waals surface area contributed by atoms with Crippen LogP contribution in [0.4, 0.5) is 5.82 Å². The van der Waals surface area contributed by atoms with E-state index in [1.165, 1.54) is 10.9 Å². The van der Waals surface area contributed by atoms with E-state index in [9.17, 15) is 4.79 Å². The van der Waals surface area contributed by atoms with E-state index in [-0.39, 0.29) is 11.7 Å². The average molecular weight is 306 g/mol. The first-order valence-corrected chi connectivity index (χ1v) is 5.76. The number of hydrogen-bond donors (Lipinski definition) is 1. The third kappa shape index (κ3) is 2.38. The highest BCUT2D eigenvalue weighted by Crippen LogP contribution is 2.16. The molecule has 0 bridgehead atoms. The van der Waals surface area contributed by atoms with Crippen molar-refractivity contribution < 1.29 is 4.79 Å². The highest BCUT2D eigenvalue weighted by Gasteiger charge is 2.14. The first kappa shape index (κ1) is 12.3. The molecule has 0 aliphatic heterocycles. The first-order chi connectivity index (χ1) is 8.61. The van der Waals surface area contributed by atoms with Gasteiger partial charge in [-0.1, -0.05) is 0 Å². The Morgan fingerprint density at radius 1 is 1.61 bits per heavy atom. The molecule has 18 heavy (non-hydrogen) atoms. The molecule has 0 saturated heterocycles. The number of nitriles is 1. The van der Waals surface area contributed by atoms with Crippen LogP contribution in [-0.2, 0) is 7.05 Å². The Labute approximate surface area is 111 Å². The highest BCUT2D eigenvalue weighted by molar-refractivity contribution is 9.10. The van der Waals surface area contributed by atoms with E-state index >= 15 is 0 Å². The number of amides is 1. The van der Waals surface area contributed by atoms with Gasteiger partial charge in [-0.3, -0.25) is 9.48 Å². The fourth-order valence-electron chi connectivity index (χ4n) is 1.39. The number of aromatic nitrogens is 3. The number of aryl methyl sites for hydroxylation is 1. The zero-order valence-electron chi connectivity index (χ0n) is 9.38. The minimum Gasteiger partial charge on any atom is -0.304 e. The van der Waals surface area contributed by atoms with Crippen LogP contribution in [0.5, 0.6) is 0 Å². The summed E-state index contributed by atoms with van der Waals surface area (Å²) in [4.78, 5) is 15.9. The largest absolute Gasteiger partial charge is 0.304 e. The van der Waals surface area contributed by atoms with Crippen molar-refractivity contribution in [1.29, 1.82) is 5.26 Å². The van der Waals surface area contributed by atoms with E-state index in [1.54, 1.807) is 25.4 Å². The van der Waals surface area contributed by atoms with Crippen LogP contribution >= 0.6 is 15.9 Å². The smallest absolute Gasteiger partial charge is 0.259 e. The van der Waals surface area contributed by atoms with Crippen LogP contribution in [0.2, 0.25) is 0 Å². The molecule has 1 N–H and O–H groups in total. The zero-order valence-corrected chi connectivity index (χ0v) is 11.0. The molecule has 1 amide bonds. The predicted molar refractivity (Wildman–Crippen MR) is 67.8 cm³/mol. The van der Waals surface area contributed by atoms with Crippen LogP contribution in [-0.4, -0.2) is 20.7 Å². The minimum absolute atomic E-state index is 0.237. The summed E-state index contributed by atoms with van der Waals surface area (Å²) >= 11 is 3.19. The van der Waals surface area contributed by atoms with Crippen molar-refractivity contribution in [3.8, 4) is 6.07 Å². The Hall–Kier alpha value is -2.20. The number of anilines is 1. The molecule has 0 unspecified atom stereocenters. The van der Waals surface area contributed by atoms with Crippen molar-refractivity contribution in [3.63, 3.8) is 0 Å². The number of halogens is 1. The summed E-state index contributed by atoms with van der Waals surface area (Å²) in [5, 5.41) is 15.5. The topological polar surface area (TPSA) is 83.6 Å². The van der Waals surface area contributed by atoms with E-state index < -0.39 is 0 Å². The van der Waals surface area contributed by atoms with E-state index in [0.29, 0.717) is 15.7 Å². The molecular weight excluding hydrogens is 298 g/mol. The Bertz CT molecular complexity index is 643. The fourth-order valence-corrected chi connectivity index (χ4v) is 1.82. The van der Waals surface area contributed by atoms with Gasteiger partial charge in [-0.15, -0.1) is 0 Å². The molecule has 0 aliphatic rings. The molecule has 0 spiro atoms. The molecule has 2 rings (SSSR count). The average Bonchev–Trinajstić information content (AvgIpc) is 2.70. The third-order valence-corrected chi connectivity index (χ3v) is 2.82. The van der Waals surface area contributed by atoms with Crippen molar-refractivity contribution in [1.82, 2.24) is 14.8 Å². The number of carbonyl (C=O) groups is 1. The summed E-state index contributed by atoms with van der Waals surface area (Å²) < 4.78 is 1.91. The van der Waals surface area contributed by atoms with E-state index in [1.807, 2.05) is 6.07 Å². The SMILES string of the molecule is Cn1cc(C#N)c(NC(=O)c2cccnc2Br)n1. The molecule has 0 fully saturated rings. The lowest BCUT2D eigenvalue weighted by Gasteiger charge is -2.03. The Morgan fingerprint density at radius 3 is 3.06 bits per heavy atom. The predicted octanol–water partition coefficient (Wildman–Crippen LogP) is 1.70. The Balaban J connectivity index is 2.27. The van der Waals surface area contributed by atoms with E-state index in [2.05, 4.69) is 31.3 Å². The maximum Gasteiger partial charge on any atom is 0.259 e. The lowest BCUT2D eigenvalue weighted by Crippen LogP contribution is -2.14. The molecule has 2 aromatic rings. The monoisotopic (exact) mass is 305 g/mol. The van der Waals surface area contributed by atoms with Gasteiger partial charge in [0.25, 0.3) is 5.91 Å². The summed E-state index contributed by atoms with van der Waals surface area (Å²) in [7, 11) is 1.68. The maximum absolute atomic E-state index is 12.0. The second kappa shape index (κ2) is 4.98. The number of nitrogens with zero attached hydrogens (tertiary/aromatic N) is 4. The van der Waals surface area contributed by atoms with Gasteiger partial charge in [0, 0.05) is 19.4 Å². The summed E-state index contributed by atoms with van der Waals surface area (Å²) in [5.74, 6) is -0.133. The molecule has 90 valence electrons. The van der Waals surface area contributed by atoms with Gasteiger partial charge in [0.15, 0.2) is 5.82 Å². The van der Waals surface area contributed by atoms with Gasteiger partial charge in [-0.2, -0.15) is 10.4 Å². The summed E-state index contributed by atoms with van der Waals surface area (Å²) in [6.07, 6.45) is 3.11. The van der Waals surface area contributed by atoms with Gasteiger partial charge >= 0.3 is 0 Å². The van der Waals surface area contributed by atoms with Crippen LogP contribution < -0.4 is 5.32 Å². The zero-order chi connectivity index (χ0) is 13.1. The molecule has 0 saturated carbocycles. The van der Waals surface area contributed by atoms with Crippen LogP contribution in [0.3, 0.4) is 0 Å². The van der Waals surface area contributed by atoms with E-state index in [4.69, 9.17) is 5.26 Å². The van der Waals surface area contributed by atoms with Crippen molar-refractivity contribution >= 4 is 27.7 Å². The maximum atomic E-state index is 12.0. The molecule has 0 aromatic carbocycles. The van der Waals surface area contributed by atoms with Gasteiger partial charge in [0.05, 0.1) is 5.56 Å². The first-order valence-electron chi connectivity index (χ1n) is 4.97. The van der Waals surface area contributed by atoms with Gasteiger partial charge in [-0.05, 0) is 28.1 Å². The summed E-state index contributed by atoms with van der Waals surface area (Å²) in [5.41, 5.74) is 0.693. The molecule has 7 heteroatoms. The summed E-state index contributed by atoms with van der Waals surface area (Å²) in [6.45, 7) is 0. The van der Waals surface area contributed by atoms with Gasteiger partial charge < -0.3 is 5.32 Å². The molecule has 0 radical (unpaired) electrons. The Kier molecular flexibility index (Phi) is 3.39. The summed E-state index contributed by atoms with van der Waals surface area (Å²) in [6, 6.07) is 5.24. The van der Waals surface area contributed by atoms with Crippen molar-refractivity contribution in [2.24, 2.45) is 7.05 Å². The van der Waals surface area contributed by atoms with Gasteiger partial charge in [0.1, 0.15) is 16.2 Å². The quantitative estimate of drug-likeness (QED) is 0.856. The fraction of sp³-hybridized carbons (Fsp3) is 0.0909. The van der Waals surface area contributed by atoms with Crippen molar-refractivity contribution in [2.75, 3.05) is 5.32 Å². The van der Waals surface area contributed by atoms with Crippen molar-refractivity contribution in [2.45, 2.75) is 0 Å². The number of pyridine rings is 1. The van der Waals surface area contributed by atoms with Crippen LogP contribution in [0.25, 0.3) is 0 Å². The number of hydrogen-bond acceptors (Lipinski definition) is 4. The molecular formula is C11H8BrN5O. The molecule has 0 atom stereocenters. The number of nitrogens with one attached hydrogen (secondary N) is 1. The van der Waals surface area contributed by atoms with Crippen LogP contribution in [0, 0.1) is 11.3 Å². The third-order valence-electron chi connectivity index (χ3n) is 2.18. The standard InChI is InChI=1S/C11H8BrN5O/c1-17-6-7(5-13)10(16-17)15-11(18)8-3-2-4-14-9(8)12/h2-4,6H,1H3,(H,15,16,18). The second-order valence-corrected chi connectivity index (χ2v) is 4.22. The second-order valence-electron chi connectivity index (χ2n) is 3.47. The molecule has 2 aromatic heterocycles. The lowest BCUT2D eigenvalue weighted by molar-refractivity contribution is 0.102.